The summed E-state index contributed by atoms with van der Waals surface area (Å²) < 4.78 is 5.54. The Morgan fingerprint density at radius 1 is 1.29 bits per heavy atom. The van der Waals surface area contributed by atoms with Gasteiger partial charge in [0, 0.05) is 12.6 Å². The van der Waals surface area contributed by atoms with Gasteiger partial charge in [0.1, 0.15) is 0 Å². The van der Waals surface area contributed by atoms with Crippen molar-refractivity contribution in [3.63, 3.8) is 0 Å². The maximum Gasteiger partial charge on any atom is 0.0524 e. The molecule has 2 heteroatoms. The lowest BCUT2D eigenvalue weighted by Crippen LogP contribution is -2.44. The monoisotopic (exact) mass is 197 g/mol. The highest BCUT2D eigenvalue weighted by atomic mass is 16.5. The zero-order valence-electron chi connectivity index (χ0n) is 9.59. The maximum absolute atomic E-state index is 5.54. The van der Waals surface area contributed by atoms with Crippen molar-refractivity contribution in [3.05, 3.63) is 0 Å². The van der Waals surface area contributed by atoms with Crippen molar-refractivity contribution in [1.82, 2.24) is 4.90 Å². The first-order valence-electron chi connectivity index (χ1n) is 6.07. The van der Waals surface area contributed by atoms with Crippen LogP contribution in [0.1, 0.15) is 39.5 Å². The number of hydrogen-bond acceptors (Lipinski definition) is 2. The summed E-state index contributed by atoms with van der Waals surface area (Å²) in [7, 11) is 0. The first-order valence-corrected chi connectivity index (χ1v) is 6.07. The Morgan fingerprint density at radius 3 is 2.50 bits per heavy atom. The summed E-state index contributed by atoms with van der Waals surface area (Å²) >= 11 is 0. The molecular formula is C12H23NO. The highest BCUT2D eigenvalue weighted by molar-refractivity contribution is 4.89. The van der Waals surface area contributed by atoms with Crippen molar-refractivity contribution in [2.45, 2.75) is 45.6 Å². The van der Waals surface area contributed by atoms with Crippen molar-refractivity contribution < 1.29 is 4.74 Å². The number of nitrogens with zero attached hydrogens (tertiary/aromatic N) is 1. The van der Waals surface area contributed by atoms with E-state index in [-0.39, 0.29) is 0 Å². The van der Waals surface area contributed by atoms with E-state index in [1.807, 2.05) is 0 Å². The summed E-state index contributed by atoms with van der Waals surface area (Å²) in [6, 6.07) is 0.773. The van der Waals surface area contributed by atoms with Crippen LogP contribution in [-0.2, 0) is 4.74 Å². The maximum atomic E-state index is 5.54. The normalized spacial score (nSPS) is 29.6. The zero-order chi connectivity index (χ0) is 10.0. The van der Waals surface area contributed by atoms with Crippen LogP contribution < -0.4 is 0 Å². The standard InChI is InChI=1S/C12H23NO/c1-3-11(2)13-7-4-12(5-8-13)6-9-14-10-12/h11H,3-10H2,1-2H3. The number of hydrogen-bond donors (Lipinski definition) is 0. The summed E-state index contributed by atoms with van der Waals surface area (Å²) in [6.07, 6.45) is 5.31. The molecule has 0 aromatic rings. The molecule has 2 fully saturated rings. The predicted molar refractivity (Wildman–Crippen MR) is 58.4 cm³/mol. The van der Waals surface area contributed by atoms with Gasteiger partial charge in [-0.25, -0.2) is 0 Å². The molecule has 2 saturated heterocycles. The molecule has 2 nitrogen and oxygen atoms in total. The smallest absolute Gasteiger partial charge is 0.0524 e. The number of piperidine rings is 1. The average Bonchev–Trinajstić information content (AvgIpc) is 2.67. The number of rotatable bonds is 2. The fraction of sp³-hybridized carbons (Fsp3) is 1.00. The van der Waals surface area contributed by atoms with E-state index in [4.69, 9.17) is 4.74 Å². The fourth-order valence-corrected chi connectivity index (χ4v) is 2.74. The van der Waals surface area contributed by atoms with Crippen molar-refractivity contribution >= 4 is 0 Å². The highest BCUT2D eigenvalue weighted by Crippen LogP contribution is 2.39. The van der Waals surface area contributed by atoms with Crippen LogP contribution in [0, 0.1) is 5.41 Å². The van der Waals surface area contributed by atoms with Gasteiger partial charge in [0.15, 0.2) is 0 Å². The molecule has 0 radical (unpaired) electrons. The summed E-state index contributed by atoms with van der Waals surface area (Å²) in [5.41, 5.74) is 0.573. The van der Waals surface area contributed by atoms with Gasteiger partial charge in [0.25, 0.3) is 0 Å². The molecule has 0 aromatic heterocycles. The van der Waals surface area contributed by atoms with Crippen molar-refractivity contribution in [3.8, 4) is 0 Å². The van der Waals surface area contributed by atoms with Gasteiger partial charge in [0.05, 0.1) is 6.61 Å². The molecule has 2 aliphatic heterocycles. The molecule has 14 heavy (non-hydrogen) atoms. The molecule has 1 atom stereocenters. The van der Waals surface area contributed by atoms with Gasteiger partial charge in [-0.05, 0) is 51.1 Å². The molecule has 0 amide bonds. The van der Waals surface area contributed by atoms with Gasteiger partial charge in [-0.15, -0.1) is 0 Å². The van der Waals surface area contributed by atoms with Crippen LogP contribution in [0.3, 0.4) is 0 Å². The molecule has 0 aliphatic carbocycles. The van der Waals surface area contributed by atoms with E-state index >= 15 is 0 Å². The molecule has 2 aliphatic rings. The van der Waals surface area contributed by atoms with E-state index < -0.39 is 0 Å². The molecular weight excluding hydrogens is 174 g/mol. The summed E-state index contributed by atoms with van der Waals surface area (Å²) in [4.78, 5) is 2.64. The van der Waals surface area contributed by atoms with E-state index in [1.54, 1.807) is 0 Å². The molecule has 0 saturated carbocycles. The molecule has 0 bridgehead atoms. The molecule has 0 aromatic carbocycles. The summed E-state index contributed by atoms with van der Waals surface area (Å²) in [5, 5.41) is 0. The van der Waals surface area contributed by atoms with Crippen molar-refractivity contribution in [1.29, 1.82) is 0 Å². The third-order valence-corrected chi connectivity index (χ3v) is 4.26. The van der Waals surface area contributed by atoms with Gasteiger partial charge in [-0.1, -0.05) is 6.92 Å². The lowest BCUT2D eigenvalue weighted by molar-refractivity contribution is 0.0616. The first-order chi connectivity index (χ1) is 6.76. The second-order valence-corrected chi connectivity index (χ2v) is 5.10. The van der Waals surface area contributed by atoms with E-state index in [9.17, 15) is 0 Å². The number of likely N-dealkylation sites (tertiary alicyclic amines) is 1. The largest absolute Gasteiger partial charge is 0.381 e. The lowest BCUT2D eigenvalue weighted by Gasteiger charge is -2.40. The van der Waals surface area contributed by atoms with Gasteiger partial charge >= 0.3 is 0 Å². The van der Waals surface area contributed by atoms with Crippen LogP contribution in [0.25, 0.3) is 0 Å². The lowest BCUT2D eigenvalue weighted by atomic mass is 9.77. The Kier molecular flexibility index (Phi) is 3.13. The van der Waals surface area contributed by atoms with Gasteiger partial charge in [-0.2, -0.15) is 0 Å². The SMILES string of the molecule is CCC(C)N1CCC2(CCOC2)CC1. The third kappa shape index (κ3) is 1.96. The topological polar surface area (TPSA) is 12.5 Å². The van der Waals surface area contributed by atoms with E-state index in [1.165, 1.54) is 38.8 Å². The Balaban J connectivity index is 1.85. The molecule has 82 valence electrons. The van der Waals surface area contributed by atoms with Gasteiger partial charge in [-0.3, -0.25) is 0 Å². The Labute approximate surface area is 87.6 Å². The van der Waals surface area contributed by atoms with Crippen LogP contribution in [0.4, 0.5) is 0 Å². The third-order valence-electron chi connectivity index (χ3n) is 4.26. The molecule has 2 rings (SSSR count). The van der Waals surface area contributed by atoms with Crippen LogP contribution in [0.2, 0.25) is 0 Å². The van der Waals surface area contributed by atoms with Crippen LogP contribution in [0.5, 0.6) is 0 Å². The second-order valence-electron chi connectivity index (χ2n) is 5.10. The zero-order valence-corrected chi connectivity index (χ0v) is 9.59. The van der Waals surface area contributed by atoms with E-state index in [0.29, 0.717) is 5.41 Å². The van der Waals surface area contributed by atoms with Crippen LogP contribution >= 0.6 is 0 Å². The molecule has 1 spiro atoms. The van der Waals surface area contributed by atoms with E-state index in [2.05, 4.69) is 18.7 Å². The Bertz CT molecular complexity index is 177. The van der Waals surface area contributed by atoms with Gasteiger partial charge < -0.3 is 9.64 Å². The first kappa shape index (κ1) is 10.4. The Morgan fingerprint density at radius 2 is 2.00 bits per heavy atom. The summed E-state index contributed by atoms with van der Waals surface area (Å²) in [5.74, 6) is 0. The van der Waals surface area contributed by atoms with E-state index in [0.717, 1.165) is 19.3 Å². The highest BCUT2D eigenvalue weighted by Gasteiger charge is 2.38. The molecule has 0 N–H and O–H groups in total. The minimum atomic E-state index is 0.573. The average molecular weight is 197 g/mol. The minimum Gasteiger partial charge on any atom is -0.381 e. The molecule has 2 heterocycles. The van der Waals surface area contributed by atoms with Crippen LogP contribution in [0.15, 0.2) is 0 Å². The van der Waals surface area contributed by atoms with Gasteiger partial charge in [0.2, 0.25) is 0 Å². The number of ether oxygens (including phenoxy) is 1. The second kappa shape index (κ2) is 4.19. The predicted octanol–water partition coefficient (Wildman–Crippen LogP) is 2.29. The van der Waals surface area contributed by atoms with Crippen molar-refractivity contribution in [2.75, 3.05) is 26.3 Å². The molecule has 1 unspecified atom stereocenters. The Hall–Kier alpha value is -0.0800. The van der Waals surface area contributed by atoms with Crippen LogP contribution in [-0.4, -0.2) is 37.2 Å². The summed E-state index contributed by atoms with van der Waals surface area (Å²) in [6.45, 7) is 9.25. The fourth-order valence-electron chi connectivity index (χ4n) is 2.74. The minimum absolute atomic E-state index is 0.573. The van der Waals surface area contributed by atoms with Crippen molar-refractivity contribution in [2.24, 2.45) is 5.41 Å². The quantitative estimate of drug-likeness (QED) is 0.673.